The smallest absolute Gasteiger partial charge is 0.305 e. The molecule has 0 rings (SSSR count). The number of ether oxygens (including phenoxy) is 4. The van der Waals surface area contributed by atoms with Crippen LogP contribution in [0.3, 0.4) is 0 Å². The fourth-order valence-electron chi connectivity index (χ4n) is 9.35. The van der Waals surface area contributed by atoms with E-state index in [0.717, 1.165) is 57.9 Å². The van der Waals surface area contributed by atoms with Crippen molar-refractivity contribution in [2.24, 2.45) is 0 Å². The lowest BCUT2D eigenvalue weighted by atomic mass is 10.0. The number of esters is 2. The molecule has 0 saturated carbocycles. The molecule has 2 atom stereocenters. The predicted molar refractivity (Wildman–Crippen MR) is 303 cm³/mol. The Morgan fingerprint density at radius 2 is 0.792 bits per heavy atom. The van der Waals surface area contributed by atoms with Gasteiger partial charge in [0.25, 0.3) is 0 Å². The van der Waals surface area contributed by atoms with Crippen LogP contribution >= 0.6 is 0 Å². The van der Waals surface area contributed by atoms with Gasteiger partial charge in [-0.2, -0.15) is 0 Å². The van der Waals surface area contributed by atoms with Gasteiger partial charge in [0, 0.05) is 39.0 Å². The summed E-state index contributed by atoms with van der Waals surface area (Å²) in [6.07, 6.45) is 47.8. The fourth-order valence-corrected chi connectivity index (χ4v) is 9.35. The molecule has 0 aromatic carbocycles. The quantitative estimate of drug-likeness (QED) is 0.0306. The molecule has 11 heteroatoms. The molecule has 0 saturated heterocycles. The monoisotopic (exact) mass is 1030 g/mol. The summed E-state index contributed by atoms with van der Waals surface area (Å²) in [5, 5.41) is 24.8. The largest absolute Gasteiger partial charge is 0.466 e. The number of hydrogen-bond donors (Lipinski definition) is 3. The van der Waals surface area contributed by atoms with Crippen molar-refractivity contribution in [1.82, 2.24) is 15.1 Å². The maximum atomic E-state index is 12.5. The molecule has 0 aromatic heterocycles. The molecule has 2 unspecified atom stereocenters. The van der Waals surface area contributed by atoms with Crippen LogP contribution in [0.2, 0.25) is 0 Å². The van der Waals surface area contributed by atoms with Crippen LogP contribution in [0.1, 0.15) is 304 Å². The van der Waals surface area contributed by atoms with Crippen molar-refractivity contribution >= 4 is 11.9 Å². The maximum Gasteiger partial charge on any atom is 0.305 e. The standard InChI is InChI=1S/C61H123N3O8/c1-8-10-12-14-16-18-20-22-24-26-28-30-32-34-36-38-40-48-57(65)69-54-44-42-46-56(71-59(67)62-50-51-64(53-52-63(6)7)60(68)72-61(3,4)5)47-43-45-55-70-58(66)49-41-39-37-35-33-31-29-27-25-23-21-19-17-15-13-11-9-2/h56,59-60,62,67-68H,8-55H2,1-7H3. The summed E-state index contributed by atoms with van der Waals surface area (Å²) in [4.78, 5) is 28.8. The van der Waals surface area contributed by atoms with Crippen molar-refractivity contribution in [3.63, 3.8) is 0 Å². The lowest BCUT2D eigenvalue weighted by Gasteiger charge is -2.33. The van der Waals surface area contributed by atoms with Crippen LogP contribution < -0.4 is 5.32 Å². The number of carbonyl (C=O) groups excluding carboxylic acids is 2. The lowest BCUT2D eigenvalue weighted by molar-refractivity contribution is -0.239. The van der Waals surface area contributed by atoms with Crippen LogP contribution in [0, 0.1) is 0 Å². The van der Waals surface area contributed by atoms with Gasteiger partial charge in [-0.05, 0) is 86.2 Å². The summed E-state index contributed by atoms with van der Waals surface area (Å²) in [6, 6.07) is 0. The number of unbranched alkanes of at least 4 members (excludes halogenated alkanes) is 34. The second-order valence-corrected chi connectivity index (χ2v) is 22.7. The fraction of sp³-hybridized carbons (Fsp3) is 0.967. The molecule has 3 N–H and O–H groups in total. The zero-order chi connectivity index (χ0) is 53.0. The topological polar surface area (TPSA) is 130 Å². The highest BCUT2D eigenvalue weighted by atomic mass is 16.6. The first kappa shape index (κ1) is 70.7. The second kappa shape index (κ2) is 53.1. The highest BCUT2D eigenvalue weighted by Crippen LogP contribution is 2.19. The Morgan fingerprint density at radius 3 is 1.11 bits per heavy atom. The van der Waals surface area contributed by atoms with Crippen molar-refractivity contribution in [3.05, 3.63) is 0 Å². The van der Waals surface area contributed by atoms with Crippen LogP contribution in [0.4, 0.5) is 0 Å². The molecule has 0 radical (unpaired) electrons. The number of nitrogens with zero attached hydrogens (tertiary/aromatic N) is 2. The molecular weight excluding hydrogens is 903 g/mol. The minimum absolute atomic E-state index is 0.111. The van der Waals surface area contributed by atoms with E-state index in [1.807, 2.05) is 39.8 Å². The van der Waals surface area contributed by atoms with Gasteiger partial charge in [-0.15, -0.1) is 0 Å². The number of rotatable bonds is 57. The third-order valence-corrected chi connectivity index (χ3v) is 14.0. The van der Waals surface area contributed by atoms with Gasteiger partial charge < -0.3 is 34.1 Å². The van der Waals surface area contributed by atoms with E-state index in [-0.39, 0.29) is 18.0 Å². The molecule has 0 aliphatic carbocycles. The van der Waals surface area contributed by atoms with Gasteiger partial charge in [-0.3, -0.25) is 19.8 Å². The summed E-state index contributed by atoms with van der Waals surface area (Å²) >= 11 is 0. The van der Waals surface area contributed by atoms with Crippen molar-refractivity contribution < 1.29 is 38.7 Å². The molecule has 0 aromatic rings. The molecule has 0 bridgehead atoms. The summed E-state index contributed by atoms with van der Waals surface area (Å²) in [5.74, 6) is -0.221. The minimum atomic E-state index is -1.18. The predicted octanol–water partition coefficient (Wildman–Crippen LogP) is 15.7. The van der Waals surface area contributed by atoms with E-state index in [1.165, 1.54) is 193 Å². The van der Waals surface area contributed by atoms with Crippen LogP contribution in [0.25, 0.3) is 0 Å². The van der Waals surface area contributed by atoms with Gasteiger partial charge in [-0.25, -0.2) is 0 Å². The maximum absolute atomic E-state index is 12.5. The molecule has 72 heavy (non-hydrogen) atoms. The highest BCUT2D eigenvalue weighted by Gasteiger charge is 2.23. The zero-order valence-electron chi connectivity index (χ0n) is 48.9. The minimum Gasteiger partial charge on any atom is -0.466 e. The molecule has 0 aliphatic rings. The zero-order valence-corrected chi connectivity index (χ0v) is 48.9. The van der Waals surface area contributed by atoms with Crippen molar-refractivity contribution in [3.8, 4) is 0 Å². The molecular formula is C61H123N3O8. The number of aliphatic hydroxyl groups is 2. The normalized spacial score (nSPS) is 12.9. The lowest BCUT2D eigenvalue weighted by Crippen LogP contribution is -2.48. The highest BCUT2D eigenvalue weighted by molar-refractivity contribution is 5.69. The Hall–Kier alpha value is -1.34. The summed E-state index contributed by atoms with van der Waals surface area (Å²) < 4.78 is 23.1. The number of carbonyl (C=O) groups is 2. The van der Waals surface area contributed by atoms with E-state index in [2.05, 4.69) is 24.1 Å². The van der Waals surface area contributed by atoms with Gasteiger partial charge in [-0.1, -0.05) is 219 Å². The average Bonchev–Trinajstić information content (AvgIpc) is 3.33. The molecule has 0 spiro atoms. The Kier molecular flexibility index (Phi) is 52.1. The average molecular weight is 1030 g/mol. The van der Waals surface area contributed by atoms with E-state index in [9.17, 15) is 19.8 Å². The third kappa shape index (κ3) is 53.5. The molecule has 0 amide bonds. The van der Waals surface area contributed by atoms with Crippen LogP contribution in [0.5, 0.6) is 0 Å². The summed E-state index contributed by atoms with van der Waals surface area (Å²) in [5.41, 5.74) is -0.508. The SMILES string of the molecule is CCCCCCCCCCCCCCCCCCCC(=O)OCCCCC(CCCCOC(=O)CCCCCCCCCCCCCCCCCCC)OC(O)NCCN(CCN(C)C)C(O)OC(C)(C)C. The molecule has 0 fully saturated rings. The van der Waals surface area contributed by atoms with E-state index < -0.39 is 18.4 Å². The first-order chi connectivity index (χ1) is 34.9. The summed E-state index contributed by atoms with van der Waals surface area (Å²) in [7, 11) is 3.98. The van der Waals surface area contributed by atoms with Crippen molar-refractivity contribution in [2.75, 3.05) is 53.5 Å². The Labute approximate surface area is 446 Å². The first-order valence-corrected chi connectivity index (χ1v) is 31.0. The van der Waals surface area contributed by atoms with Gasteiger partial charge in [0.05, 0.1) is 24.9 Å². The van der Waals surface area contributed by atoms with Crippen molar-refractivity contribution in [2.45, 2.75) is 329 Å². The van der Waals surface area contributed by atoms with E-state index >= 15 is 0 Å². The first-order valence-electron chi connectivity index (χ1n) is 31.0. The van der Waals surface area contributed by atoms with E-state index in [0.29, 0.717) is 58.5 Å². The molecule has 0 heterocycles. The van der Waals surface area contributed by atoms with E-state index in [4.69, 9.17) is 18.9 Å². The molecule has 0 aliphatic heterocycles. The van der Waals surface area contributed by atoms with Gasteiger partial charge in [0.1, 0.15) is 0 Å². The Morgan fingerprint density at radius 1 is 0.458 bits per heavy atom. The summed E-state index contributed by atoms with van der Waals surface area (Å²) in [6.45, 7) is 13.3. The second-order valence-electron chi connectivity index (χ2n) is 22.7. The third-order valence-electron chi connectivity index (χ3n) is 14.0. The van der Waals surface area contributed by atoms with Gasteiger partial charge >= 0.3 is 11.9 Å². The Bertz CT molecular complexity index is 1080. The van der Waals surface area contributed by atoms with Gasteiger partial charge in [0.2, 0.25) is 12.8 Å². The number of hydrogen-bond acceptors (Lipinski definition) is 11. The van der Waals surface area contributed by atoms with Crippen LogP contribution in [0.15, 0.2) is 0 Å². The molecule has 430 valence electrons. The van der Waals surface area contributed by atoms with Crippen LogP contribution in [-0.2, 0) is 28.5 Å². The Balaban J connectivity index is 4.46. The van der Waals surface area contributed by atoms with Gasteiger partial charge in [0.15, 0.2) is 0 Å². The number of likely N-dealkylation sites (N-methyl/N-ethyl adjacent to an activating group) is 1. The van der Waals surface area contributed by atoms with Crippen LogP contribution in [-0.4, -0.2) is 110 Å². The number of aliphatic hydroxyl groups excluding tert-OH is 2. The molecule has 11 nitrogen and oxygen atoms in total. The number of nitrogens with one attached hydrogen (secondary N) is 1. The van der Waals surface area contributed by atoms with E-state index in [1.54, 1.807) is 0 Å². The van der Waals surface area contributed by atoms with Crippen molar-refractivity contribution in [1.29, 1.82) is 0 Å².